The van der Waals surface area contributed by atoms with Crippen LogP contribution in [0.25, 0.3) is 10.8 Å². The van der Waals surface area contributed by atoms with Crippen molar-refractivity contribution in [2.45, 2.75) is 6.42 Å². The Labute approximate surface area is 109 Å². The van der Waals surface area contributed by atoms with E-state index in [-0.39, 0.29) is 5.78 Å². The molecule has 3 aromatic rings. The number of aromatic nitrogens is 1. The van der Waals surface area contributed by atoms with E-state index in [1.54, 1.807) is 23.7 Å². The molecule has 1 aromatic carbocycles. The number of benzene rings is 1. The minimum Gasteiger partial charge on any atom is -0.294 e. The van der Waals surface area contributed by atoms with Crippen molar-refractivity contribution in [2.75, 3.05) is 0 Å². The van der Waals surface area contributed by atoms with Gasteiger partial charge in [-0.05, 0) is 22.9 Å². The lowest BCUT2D eigenvalue weighted by molar-refractivity contribution is 0.0995. The molecule has 0 aliphatic rings. The second kappa shape index (κ2) is 4.70. The van der Waals surface area contributed by atoms with Crippen LogP contribution in [0.1, 0.15) is 15.2 Å². The second-order valence-electron chi connectivity index (χ2n) is 4.08. The van der Waals surface area contributed by atoms with Crippen LogP contribution in [0, 0.1) is 0 Å². The van der Waals surface area contributed by atoms with Gasteiger partial charge in [0.2, 0.25) is 0 Å². The Bertz CT molecular complexity index is 683. The molecule has 0 spiro atoms. The lowest BCUT2D eigenvalue weighted by Crippen LogP contribution is -2.03. The molecule has 0 aliphatic carbocycles. The maximum Gasteiger partial charge on any atom is 0.168 e. The number of thiophene rings is 1. The second-order valence-corrected chi connectivity index (χ2v) is 5.11. The van der Waals surface area contributed by atoms with Gasteiger partial charge < -0.3 is 0 Å². The van der Waals surface area contributed by atoms with Crippen molar-refractivity contribution in [1.82, 2.24) is 4.98 Å². The fourth-order valence-electron chi connectivity index (χ4n) is 2.03. The molecule has 0 saturated carbocycles. The van der Waals surface area contributed by atoms with Gasteiger partial charge in [0.25, 0.3) is 0 Å². The Balaban J connectivity index is 2.01. The highest BCUT2D eigenvalue weighted by Gasteiger charge is 2.10. The summed E-state index contributed by atoms with van der Waals surface area (Å²) in [5.74, 6) is 0.161. The van der Waals surface area contributed by atoms with E-state index in [0.29, 0.717) is 6.42 Å². The van der Waals surface area contributed by atoms with Crippen LogP contribution >= 0.6 is 11.3 Å². The molecule has 3 rings (SSSR count). The molecule has 3 heteroatoms. The van der Waals surface area contributed by atoms with Gasteiger partial charge in [-0.2, -0.15) is 0 Å². The smallest absolute Gasteiger partial charge is 0.168 e. The SMILES string of the molecule is O=C(Cc1cccs1)c1cccc2cnccc12. The molecule has 2 heterocycles. The highest BCUT2D eigenvalue weighted by molar-refractivity contribution is 7.10. The minimum atomic E-state index is 0.161. The van der Waals surface area contributed by atoms with E-state index < -0.39 is 0 Å². The standard InChI is InChI=1S/C15H11NOS/c17-15(9-12-4-2-8-18-12)14-5-1-3-11-10-16-7-6-13(11)14/h1-8,10H,9H2. The number of hydrogen-bond acceptors (Lipinski definition) is 3. The van der Waals surface area contributed by atoms with Gasteiger partial charge in [0.15, 0.2) is 5.78 Å². The summed E-state index contributed by atoms with van der Waals surface area (Å²) in [6.07, 6.45) is 3.99. The zero-order chi connectivity index (χ0) is 12.4. The molecule has 0 fully saturated rings. The van der Waals surface area contributed by atoms with Crippen molar-refractivity contribution in [3.63, 3.8) is 0 Å². The quantitative estimate of drug-likeness (QED) is 0.666. The number of carbonyl (C=O) groups is 1. The summed E-state index contributed by atoms with van der Waals surface area (Å²) >= 11 is 1.62. The monoisotopic (exact) mass is 253 g/mol. The Morgan fingerprint density at radius 3 is 2.94 bits per heavy atom. The van der Waals surface area contributed by atoms with Crippen molar-refractivity contribution < 1.29 is 4.79 Å². The minimum absolute atomic E-state index is 0.161. The van der Waals surface area contributed by atoms with Crippen molar-refractivity contribution in [3.05, 3.63) is 64.6 Å². The molecule has 2 aromatic heterocycles. The van der Waals surface area contributed by atoms with Crippen LogP contribution in [0.3, 0.4) is 0 Å². The number of pyridine rings is 1. The van der Waals surface area contributed by atoms with Crippen LogP contribution in [0.15, 0.2) is 54.2 Å². The van der Waals surface area contributed by atoms with E-state index in [9.17, 15) is 4.79 Å². The fourth-order valence-corrected chi connectivity index (χ4v) is 2.74. The first-order valence-electron chi connectivity index (χ1n) is 5.73. The van der Waals surface area contributed by atoms with Crippen molar-refractivity contribution in [2.24, 2.45) is 0 Å². The number of rotatable bonds is 3. The van der Waals surface area contributed by atoms with Gasteiger partial charge in [-0.3, -0.25) is 9.78 Å². The molecule has 0 amide bonds. The Morgan fingerprint density at radius 1 is 1.17 bits per heavy atom. The molecular weight excluding hydrogens is 242 g/mol. The van der Waals surface area contributed by atoms with Crippen LogP contribution in [-0.4, -0.2) is 10.8 Å². The number of hydrogen-bond donors (Lipinski definition) is 0. The largest absolute Gasteiger partial charge is 0.294 e. The Morgan fingerprint density at radius 2 is 2.11 bits per heavy atom. The van der Waals surface area contributed by atoms with Crippen LogP contribution in [-0.2, 0) is 6.42 Å². The van der Waals surface area contributed by atoms with E-state index in [4.69, 9.17) is 0 Å². The lowest BCUT2D eigenvalue weighted by Gasteiger charge is -2.04. The van der Waals surface area contributed by atoms with Crippen LogP contribution in [0.4, 0.5) is 0 Å². The van der Waals surface area contributed by atoms with Crippen molar-refractivity contribution >= 4 is 27.9 Å². The van der Waals surface area contributed by atoms with Gasteiger partial charge in [0.05, 0.1) is 0 Å². The first-order valence-corrected chi connectivity index (χ1v) is 6.61. The zero-order valence-electron chi connectivity index (χ0n) is 9.67. The van der Waals surface area contributed by atoms with E-state index in [1.165, 1.54) is 0 Å². The zero-order valence-corrected chi connectivity index (χ0v) is 10.5. The summed E-state index contributed by atoms with van der Waals surface area (Å²) in [7, 11) is 0. The molecule has 2 nitrogen and oxygen atoms in total. The summed E-state index contributed by atoms with van der Waals surface area (Å²) in [5, 5.41) is 3.99. The van der Waals surface area contributed by atoms with Gasteiger partial charge in [0.1, 0.15) is 0 Å². The normalized spacial score (nSPS) is 10.7. The number of carbonyl (C=O) groups excluding carboxylic acids is 1. The summed E-state index contributed by atoms with van der Waals surface area (Å²) in [6.45, 7) is 0. The molecule has 0 saturated heterocycles. The summed E-state index contributed by atoms with van der Waals surface area (Å²) in [6, 6.07) is 11.6. The molecule has 88 valence electrons. The average Bonchev–Trinajstić information content (AvgIpc) is 2.91. The van der Waals surface area contributed by atoms with E-state index in [0.717, 1.165) is 21.2 Å². The van der Waals surface area contributed by atoms with Gasteiger partial charge in [-0.25, -0.2) is 0 Å². The predicted molar refractivity (Wildman–Crippen MR) is 74.1 cm³/mol. The number of Topliss-reactive ketones (excluding diaryl/α,β-unsaturated/α-hetero) is 1. The third-order valence-electron chi connectivity index (χ3n) is 2.90. The van der Waals surface area contributed by atoms with Crippen molar-refractivity contribution in [3.8, 4) is 0 Å². The average molecular weight is 253 g/mol. The third-order valence-corrected chi connectivity index (χ3v) is 3.77. The lowest BCUT2D eigenvalue weighted by atomic mass is 10.0. The summed E-state index contributed by atoms with van der Waals surface area (Å²) < 4.78 is 0. The highest BCUT2D eigenvalue weighted by atomic mass is 32.1. The van der Waals surface area contributed by atoms with E-state index in [2.05, 4.69) is 4.98 Å². The Kier molecular flexibility index (Phi) is 2.90. The molecule has 18 heavy (non-hydrogen) atoms. The number of fused-ring (bicyclic) bond motifs is 1. The fraction of sp³-hybridized carbons (Fsp3) is 0.0667. The molecule has 0 N–H and O–H groups in total. The van der Waals surface area contributed by atoms with Gasteiger partial charge in [0, 0.05) is 34.6 Å². The molecular formula is C15H11NOS. The summed E-state index contributed by atoms with van der Waals surface area (Å²) in [5.41, 5.74) is 0.781. The van der Waals surface area contributed by atoms with E-state index >= 15 is 0 Å². The first-order chi connectivity index (χ1) is 8.84. The molecule has 0 atom stereocenters. The number of nitrogens with zero attached hydrogens (tertiary/aromatic N) is 1. The van der Waals surface area contributed by atoms with Crippen LogP contribution < -0.4 is 0 Å². The van der Waals surface area contributed by atoms with Crippen LogP contribution in [0.5, 0.6) is 0 Å². The van der Waals surface area contributed by atoms with Gasteiger partial charge >= 0.3 is 0 Å². The predicted octanol–water partition coefficient (Wildman–Crippen LogP) is 3.72. The maximum absolute atomic E-state index is 12.3. The highest BCUT2D eigenvalue weighted by Crippen LogP contribution is 2.20. The molecule has 0 bridgehead atoms. The summed E-state index contributed by atoms with van der Waals surface area (Å²) in [4.78, 5) is 17.5. The molecule has 0 radical (unpaired) electrons. The van der Waals surface area contributed by atoms with Gasteiger partial charge in [-0.15, -0.1) is 11.3 Å². The Hall–Kier alpha value is -2.00. The van der Waals surface area contributed by atoms with Crippen LogP contribution in [0.2, 0.25) is 0 Å². The maximum atomic E-state index is 12.3. The van der Waals surface area contributed by atoms with Gasteiger partial charge in [-0.1, -0.05) is 24.3 Å². The number of ketones is 1. The molecule has 0 aliphatic heterocycles. The molecule has 0 unspecified atom stereocenters. The topological polar surface area (TPSA) is 30.0 Å². The van der Waals surface area contributed by atoms with E-state index in [1.807, 2.05) is 41.8 Å². The third kappa shape index (κ3) is 2.05. The van der Waals surface area contributed by atoms with Crippen molar-refractivity contribution in [1.29, 1.82) is 0 Å². The first kappa shape index (κ1) is 11.1.